The fourth-order valence-corrected chi connectivity index (χ4v) is 2.25. The number of urea groups is 1. The number of likely N-dealkylation sites (tertiary alicyclic amines) is 1. The van der Waals surface area contributed by atoms with Crippen molar-refractivity contribution >= 4 is 12.0 Å². The van der Waals surface area contributed by atoms with Gasteiger partial charge in [0.1, 0.15) is 5.82 Å². The zero-order valence-corrected chi connectivity index (χ0v) is 11.0. The van der Waals surface area contributed by atoms with Gasteiger partial charge in [-0.15, -0.1) is 0 Å². The molecule has 0 saturated carbocycles. The minimum Gasteiger partial charge on any atom is -0.481 e. The van der Waals surface area contributed by atoms with Crippen LogP contribution in [0.5, 0.6) is 0 Å². The first-order chi connectivity index (χ1) is 9.56. The van der Waals surface area contributed by atoms with E-state index in [0.717, 1.165) is 5.56 Å². The number of piperidine rings is 1. The van der Waals surface area contributed by atoms with E-state index in [9.17, 15) is 14.0 Å². The van der Waals surface area contributed by atoms with Crippen LogP contribution in [-0.4, -0.2) is 35.1 Å². The van der Waals surface area contributed by atoms with Gasteiger partial charge in [0.15, 0.2) is 0 Å². The standard InChI is InChI=1S/C14H17FN2O3/c15-12-5-3-10(4-6-12)8-16-14(20)17-7-1-2-11(9-17)13(18)19/h3-6,11H,1-2,7-9H2,(H,16,20)(H,18,19)/t11-/m1/s1. The molecule has 108 valence electrons. The van der Waals surface area contributed by atoms with Crippen molar-refractivity contribution in [1.82, 2.24) is 10.2 Å². The first-order valence-electron chi connectivity index (χ1n) is 6.56. The molecule has 2 amide bonds. The number of hydrogen-bond acceptors (Lipinski definition) is 2. The van der Waals surface area contributed by atoms with E-state index in [0.29, 0.717) is 25.9 Å². The first-order valence-corrected chi connectivity index (χ1v) is 6.56. The average molecular weight is 280 g/mol. The fraction of sp³-hybridized carbons (Fsp3) is 0.429. The molecular formula is C14H17FN2O3. The molecule has 0 aliphatic carbocycles. The van der Waals surface area contributed by atoms with Gasteiger partial charge in [0, 0.05) is 19.6 Å². The van der Waals surface area contributed by atoms with Gasteiger partial charge in [0.2, 0.25) is 0 Å². The SMILES string of the molecule is O=C(O)[C@@H]1CCCN(C(=O)NCc2ccc(F)cc2)C1. The molecule has 1 aliphatic rings. The Morgan fingerprint density at radius 3 is 2.70 bits per heavy atom. The van der Waals surface area contributed by atoms with Crippen molar-refractivity contribution in [3.63, 3.8) is 0 Å². The highest BCUT2D eigenvalue weighted by Crippen LogP contribution is 2.16. The first kappa shape index (κ1) is 14.3. The average Bonchev–Trinajstić information content (AvgIpc) is 2.46. The molecule has 1 heterocycles. The normalized spacial score (nSPS) is 18.6. The summed E-state index contributed by atoms with van der Waals surface area (Å²) >= 11 is 0. The van der Waals surface area contributed by atoms with Crippen LogP contribution in [-0.2, 0) is 11.3 Å². The van der Waals surface area contributed by atoms with E-state index >= 15 is 0 Å². The predicted molar refractivity (Wildman–Crippen MR) is 70.6 cm³/mol. The number of amides is 2. The number of nitrogens with zero attached hydrogens (tertiary/aromatic N) is 1. The third-order valence-corrected chi connectivity index (χ3v) is 3.41. The molecule has 1 saturated heterocycles. The summed E-state index contributed by atoms with van der Waals surface area (Å²) < 4.78 is 12.7. The molecule has 5 nitrogen and oxygen atoms in total. The Labute approximate surface area is 116 Å². The van der Waals surface area contributed by atoms with Gasteiger partial charge in [0.05, 0.1) is 5.92 Å². The van der Waals surface area contributed by atoms with E-state index in [-0.39, 0.29) is 18.4 Å². The Morgan fingerprint density at radius 1 is 1.35 bits per heavy atom. The molecule has 6 heteroatoms. The lowest BCUT2D eigenvalue weighted by Gasteiger charge is -2.30. The Kier molecular flexibility index (Phi) is 4.55. The predicted octanol–water partition coefficient (Wildman–Crippen LogP) is 1.83. The molecule has 0 unspecified atom stereocenters. The van der Waals surface area contributed by atoms with Crippen LogP contribution in [0.4, 0.5) is 9.18 Å². The summed E-state index contributed by atoms with van der Waals surface area (Å²) in [4.78, 5) is 24.4. The Balaban J connectivity index is 1.85. The number of hydrogen-bond donors (Lipinski definition) is 2. The van der Waals surface area contributed by atoms with Crippen LogP contribution in [0.15, 0.2) is 24.3 Å². The molecule has 2 rings (SSSR count). The lowest BCUT2D eigenvalue weighted by Crippen LogP contribution is -2.46. The molecule has 1 fully saturated rings. The maximum atomic E-state index is 12.7. The van der Waals surface area contributed by atoms with Crippen molar-refractivity contribution < 1.29 is 19.1 Å². The van der Waals surface area contributed by atoms with Crippen molar-refractivity contribution in [2.45, 2.75) is 19.4 Å². The van der Waals surface area contributed by atoms with Crippen molar-refractivity contribution in [2.75, 3.05) is 13.1 Å². The highest BCUT2D eigenvalue weighted by atomic mass is 19.1. The zero-order chi connectivity index (χ0) is 14.5. The molecule has 1 aliphatic heterocycles. The number of carbonyl (C=O) groups is 2. The number of aliphatic carboxylic acids is 1. The smallest absolute Gasteiger partial charge is 0.317 e. The number of halogens is 1. The number of benzene rings is 1. The van der Waals surface area contributed by atoms with Gasteiger partial charge in [-0.3, -0.25) is 4.79 Å². The van der Waals surface area contributed by atoms with Gasteiger partial charge < -0.3 is 15.3 Å². The van der Waals surface area contributed by atoms with Crippen LogP contribution in [0.3, 0.4) is 0 Å². The molecule has 1 atom stereocenters. The quantitative estimate of drug-likeness (QED) is 0.887. The molecule has 0 spiro atoms. The molecule has 20 heavy (non-hydrogen) atoms. The van der Waals surface area contributed by atoms with Crippen LogP contribution in [0.25, 0.3) is 0 Å². The van der Waals surface area contributed by atoms with Gasteiger partial charge >= 0.3 is 12.0 Å². The minimum absolute atomic E-state index is 0.241. The van der Waals surface area contributed by atoms with Gasteiger partial charge in [-0.2, -0.15) is 0 Å². The number of rotatable bonds is 3. The molecule has 1 aromatic carbocycles. The van der Waals surface area contributed by atoms with Crippen molar-refractivity contribution in [3.05, 3.63) is 35.6 Å². The van der Waals surface area contributed by atoms with Crippen molar-refractivity contribution in [2.24, 2.45) is 5.92 Å². The molecule has 1 aromatic rings. The van der Waals surface area contributed by atoms with Crippen LogP contribution in [0.1, 0.15) is 18.4 Å². The maximum Gasteiger partial charge on any atom is 0.317 e. The lowest BCUT2D eigenvalue weighted by atomic mass is 9.99. The Bertz CT molecular complexity index is 490. The van der Waals surface area contributed by atoms with Gasteiger partial charge in [-0.25, -0.2) is 9.18 Å². The summed E-state index contributed by atoms with van der Waals surface area (Å²) in [5, 5.41) is 11.7. The van der Waals surface area contributed by atoms with Crippen molar-refractivity contribution in [1.29, 1.82) is 0 Å². The Morgan fingerprint density at radius 2 is 2.05 bits per heavy atom. The summed E-state index contributed by atoms with van der Waals surface area (Å²) in [6.07, 6.45) is 1.30. The summed E-state index contributed by atoms with van der Waals surface area (Å²) in [5.74, 6) is -1.67. The van der Waals surface area contributed by atoms with Crippen LogP contribution in [0.2, 0.25) is 0 Å². The number of nitrogens with one attached hydrogen (secondary N) is 1. The zero-order valence-electron chi connectivity index (χ0n) is 11.0. The van der Waals surface area contributed by atoms with E-state index in [1.807, 2.05) is 0 Å². The number of carbonyl (C=O) groups excluding carboxylic acids is 1. The molecule has 0 radical (unpaired) electrons. The van der Waals surface area contributed by atoms with E-state index in [4.69, 9.17) is 5.11 Å². The summed E-state index contributed by atoms with van der Waals surface area (Å²) in [6.45, 7) is 1.11. The summed E-state index contributed by atoms with van der Waals surface area (Å²) in [6, 6.07) is 5.60. The monoisotopic (exact) mass is 280 g/mol. The van der Waals surface area contributed by atoms with Gasteiger partial charge in [0.25, 0.3) is 0 Å². The molecule has 0 bridgehead atoms. The maximum absolute atomic E-state index is 12.7. The summed E-state index contributed by atoms with van der Waals surface area (Å²) in [5.41, 5.74) is 0.798. The third kappa shape index (κ3) is 3.69. The largest absolute Gasteiger partial charge is 0.481 e. The minimum atomic E-state index is -0.860. The number of carboxylic acid groups (broad SMARTS) is 1. The van der Waals surface area contributed by atoms with Crippen LogP contribution in [0, 0.1) is 11.7 Å². The summed E-state index contributed by atoms with van der Waals surface area (Å²) in [7, 11) is 0. The van der Waals surface area contributed by atoms with E-state index < -0.39 is 11.9 Å². The molecule has 2 N–H and O–H groups in total. The molecule has 0 aromatic heterocycles. The van der Waals surface area contributed by atoms with Gasteiger partial charge in [-0.1, -0.05) is 12.1 Å². The lowest BCUT2D eigenvalue weighted by molar-refractivity contribution is -0.143. The van der Waals surface area contributed by atoms with E-state index in [1.165, 1.54) is 17.0 Å². The fourth-order valence-electron chi connectivity index (χ4n) is 2.25. The second-order valence-electron chi connectivity index (χ2n) is 4.91. The van der Waals surface area contributed by atoms with Crippen molar-refractivity contribution in [3.8, 4) is 0 Å². The second-order valence-corrected chi connectivity index (χ2v) is 4.91. The highest BCUT2D eigenvalue weighted by molar-refractivity contribution is 5.76. The van der Waals surface area contributed by atoms with Gasteiger partial charge in [-0.05, 0) is 30.5 Å². The topological polar surface area (TPSA) is 69.6 Å². The number of carboxylic acids is 1. The van der Waals surface area contributed by atoms with Crippen LogP contribution >= 0.6 is 0 Å². The second kappa shape index (κ2) is 6.36. The third-order valence-electron chi connectivity index (χ3n) is 3.41. The van der Waals surface area contributed by atoms with E-state index in [1.54, 1.807) is 12.1 Å². The van der Waals surface area contributed by atoms with Crippen LogP contribution < -0.4 is 5.32 Å². The molecular weight excluding hydrogens is 263 g/mol. The van der Waals surface area contributed by atoms with E-state index in [2.05, 4.69) is 5.32 Å². The highest BCUT2D eigenvalue weighted by Gasteiger charge is 2.27. The Hall–Kier alpha value is -2.11.